The van der Waals surface area contributed by atoms with Crippen LogP contribution >= 0.6 is 22.6 Å². The molecule has 31 heavy (non-hydrogen) atoms. The summed E-state index contributed by atoms with van der Waals surface area (Å²) in [5.41, 5.74) is 1.80. The molecule has 0 unspecified atom stereocenters. The molecule has 3 rings (SSSR count). The van der Waals surface area contributed by atoms with Gasteiger partial charge in [-0.1, -0.05) is 36.4 Å². The van der Waals surface area contributed by atoms with E-state index in [0.29, 0.717) is 16.9 Å². The Kier molecular flexibility index (Phi) is 7.36. The van der Waals surface area contributed by atoms with Crippen LogP contribution in [0.25, 0.3) is 6.08 Å². The SMILES string of the molecule is N#C/C(=C/c1ccc(OCc2ccccc2C#N)c(I)c1)C(=O)Nc1ccccc1F. The molecule has 0 fully saturated rings. The summed E-state index contributed by atoms with van der Waals surface area (Å²) in [5, 5.41) is 20.9. The third kappa shape index (κ3) is 5.68. The molecule has 152 valence electrons. The first-order chi connectivity index (χ1) is 15.0. The predicted molar refractivity (Wildman–Crippen MR) is 123 cm³/mol. The highest BCUT2D eigenvalue weighted by molar-refractivity contribution is 14.1. The van der Waals surface area contributed by atoms with Gasteiger partial charge in [-0.05, 0) is 64.6 Å². The van der Waals surface area contributed by atoms with Crippen molar-refractivity contribution in [1.29, 1.82) is 10.5 Å². The second kappa shape index (κ2) is 10.4. The average Bonchev–Trinajstić information content (AvgIpc) is 2.78. The predicted octanol–water partition coefficient (Wildman–Crippen LogP) is 5.43. The minimum absolute atomic E-state index is 0.00429. The first kappa shape index (κ1) is 22.0. The lowest BCUT2D eigenvalue weighted by atomic mass is 10.1. The molecule has 0 saturated carbocycles. The Hall–Kier alpha value is -3.69. The van der Waals surface area contributed by atoms with E-state index < -0.39 is 11.7 Å². The lowest BCUT2D eigenvalue weighted by molar-refractivity contribution is -0.112. The number of carbonyl (C=O) groups is 1. The topological polar surface area (TPSA) is 85.9 Å². The van der Waals surface area contributed by atoms with Gasteiger partial charge >= 0.3 is 0 Å². The van der Waals surface area contributed by atoms with Crippen molar-refractivity contribution in [2.75, 3.05) is 5.32 Å². The summed E-state index contributed by atoms with van der Waals surface area (Å²) in [5.74, 6) is -0.669. The van der Waals surface area contributed by atoms with E-state index in [-0.39, 0.29) is 17.9 Å². The average molecular weight is 523 g/mol. The summed E-state index contributed by atoms with van der Waals surface area (Å²) < 4.78 is 20.3. The van der Waals surface area contributed by atoms with Gasteiger partial charge in [-0.3, -0.25) is 4.79 Å². The number of nitrogens with one attached hydrogen (secondary N) is 1. The Balaban J connectivity index is 1.74. The molecule has 0 heterocycles. The number of ether oxygens (including phenoxy) is 1. The molecule has 0 radical (unpaired) electrons. The van der Waals surface area contributed by atoms with Crippen LogP contribution < -0.4 is 10.1 Å². The maximum Gasteiger partial charge on any atom is 0.266 e. The number of hydrogen-bond acceptors (Lipinski definition) is 4. The summed E-state index contributed by atoms with van der Waals surface area (Å²) in [6.07, 6.45) is 1.42. The largest absolute Gasteiger partial charge is 0.488 e. The van der Waals surface area contributed by atoms with Gasteiger partial charge in [-0.25, -0.2) is 4.39 Å². The van der Waals surface area contributed by atoms with Crippen molar-refractivity contribution in [2.45, 2.75) is 6.61 Å². The molecule has 7 heteroatoms. The third-order valence-electron chi connectivity index (χ3n) is 4.28. The Morgan fingerprint density at radius 2 is 1.84 bits per heavy atom. The minimum atomic E-state index is -0.698. The molecule has 0 aromatic heterocycles. The molecule has 3 aromatic rings. The van der Waals surface area contributed by atoms with Gasteiger partial charge in [-0.2, -0.15) is 10.5 Å². The number of nitriles is 2. The minimum Gasteiger partial charge on any atom is -0.488 e. The first-order valence-electron chi connectivity index (χ1n) is 9.10. The summed E-state index contributed by atoms with van der Waals surface area (Å²) in [6, 6.07) is 22.1. The van der Waals surface area contributed by atoms with Crippen molar-refractivity contribution >= 4 is 40.3 Å². The zero-order valence-corrected chi connectivity index (χ0v) is 18.3. The number of para-hydroxylation sites is 1. The molecule has 0 aliphatic heterocycles. The van der Waals surface area contributed by atoms with Crippen molar-refractivity contribution in [3.05, 3.63) is 98.4 Å². The number of benzene rings is 3. The summed E-state index contributed by atoms with van der Waals surface area (Å²) in [6.45, 7) is 0.239. The van der Waals surface area contributed by atoms with Crippen LogP contribution in [-0.2, 0) is 11.4 Å². The summed E-state index contributed by atoms with van der Waals surface area (Å²) in [7, 11) is 0. The van der Waals surface area contributed by atoms with Gasteiger partial charge in [0.2, 0.25) is 0 Å². The van der Waals surface area contributed by atoms with E-state index in [9.17, 15) is 19.7 Å². The number of carbonyl (C=O) groups excluding carboxylic acids is 1. The van der Waals surface area contributed by atoms with Crippen LogP contribution in [0.1, 0.15) is 16.7 Å². The number of nitrogens with zero attached hydrogens (tertiary/aromatic N) is 2. The lowest BCUT2D eigenvalue weighted by Gasteiger charge is -2.10. The van der Waals surface area contributed by atoms with Crippen molar-refractivity contribution in [3.63, 3.8) is 0 Å². The zero-order valence-electron chi connectivity index (χ0n) is 16.1. The van der Waals surface area contributed by atoms with Gasteiger partial charge < -0.3 is 10.1 Å². The number of rotatable bonds is 6. The monoisotopic (exact) mass is 523 g/mol. The van der Waals surface area contributed by atoms with Crippen LogP contribution in [0.4, 0.5) is 10.1 Å². The molecular weight excluding hydrogens is 508 g/mol. The van der Waals surface area contributed by atoms with Crippen LogP contribution in [0.2, 0.25) is 0 Å². The van der Waals surface area contributed by atoms with E-state index in [2.05, 4.69) is 34.0 Å². The van der Waals surface area contributed by atoms with Gasteiger partial charge in [0.15, 0.2) is 0 Å². The number of amides is 1. The fourth-order valence-electron chi connectivity index (χ4n) is 2.70. The Bertz CT molecular complexity index is 1240. The molecule has 0 aliphatic carbocycles. The summed E-state index contributed by atoms with van der Waals surface area (Å²) in [4.78, 5) is 12.4. The van der Waals surface area contributed by atoms with Crippen LogP contribution in [0.3, 0.4) is 0 Å². The molecule has 5 nitrogen and oxygen atoms in total. The number of anilines is 1. The van der Waals surface area contributed by atoms with Crippen LogP contribution in [0, 0.1) is 32.0 Å². The van der Waals surface area contributed by atoms with Gasteiger partial charge in [0.25, 0.3) is 5.91 Å². The van der Waals surface area contributed by atoms with E-state index in [4.69, 9.17) is 4.74 Å². The molecule has 3 aromatic carbocycles. The fourth-order valence-corrected chi connectivity index (χ4v) is 3.40. The Labute approximate surface area is 192 Å². The van der Waals surface area contributed by atoms with Crippen LogP contribution in [0.15, 0.2) is 72.3 Å². The maximum absolute atomic E-state index is 13.7. The normalized spacial score (nSPS) is 10.6. The standard InChI is InChI=1S/C24H15FIN3O2/c25-20-7-3-4-8-22(20)29-24(30)19(14-28)11-16-9-10-23(21(26)12-16)31-15-18-6-2-1-5-17(18)13-27/h1-12H,15H2,(H,29,30)/b19-11-. The highest BCUT2D eigenvalue weighted by Crippen LogP contribution is 2.25. The molecular formula is C24H15FIN3O2. The van der Waals surface area contributed by atoms with Gasteiger partial charge in [0.05, 0.1) is 20.9 Å². The van der Waals surface area contributed by atoms with Crippen LogP contribution in [-0.4, -0.2) is 5.91 Å². The quantitative estimate of drug-likeness (QED) is 0.266. The fraction of sp³-hybridized carbons (Fsp3) is 0.0417. The van der Waals surface area contributed by atoms with Crippen molar-refractivity contribution < 1.29 is 13.9 Å². The zero-order chi connectivity index (χ0) is 22.2. The van der Waals surface area contributed by atoms with Gasteiger partial charge in [-0.15, -0.1) is 0 Å². The van der Waals surface area contributed by atoms with E-state index >= 15 is 0 Å². The lowest BCUT2D eigenvalue weighted by Crippen LogP contribution is -2.14. The second-order valence-corrected chi connectivity index (χ2v) is 7.51. The van der Waals surface area contributed by atoms with Crippen molar-refractivity contribution in [1.82, 2.24) is 0 Å². The Morgan fingerprint density at radius 1 is 1.10 bits per heavy atom. The van der Waals surface area contributed by atoms with E-state index in [1.165, 1.54) is 24.3 Å². The van der Waals surface area contributed by atoms with Gasteiger partial charge in [0, 0.05) is 5.56 Å². The molecule has 1 amide bonds. The third-order valence-corrected chi connectivity index (χ3v) is 5.12. The summed E-state index contributed by atoms with van der Waals surface area (Å²) >= 11 is 2.09. The first-order valence-corrected chi connectivity index (χ1v) is 10.2. The smallest absolute Gasteiger partial charge is 0.266 e. The molecule has 0 saturated heterocycles. The molecule has 1 N–H and O–H groups in total. The second-order valence-electron chi connectivity index (χ2n) is 6.35. The molecule has 0 atom stereocenters. The Morgan fingerprint density at radius 3 is 2.55 bits per heavy atom. The molecule has 0 aliphatic rings. The number of halogens is 2. The van der Waals surface area contributed by atoms with E-state index in [1.807, 2.05) is 18.2 Å². The van der Waals surface area contributed by atoms with E-state index in [1.54, 1.807) is 36.4 Å². The van der Waals surface area contributed by atoms with Crippen molar-refractivity contribution in [2.24, 2.45) is 0 Å². The maximum atomic E-state index is 13.7. The number of hydrogen-bond donors (Lipinski definition) is 1. The van der Waals surface area contributed by atoms with Gasteiger partial charge in [0.1, 0.15) is 29.8 Å². The molecule has 0 bridgehead atoms. The van der Waals surface area contributed by atoms with Crippen molar-refractivity contribution in [3.8, 4) is 17.9 Å². The van der Waals surface area contributed by atoms with E-state index in [0.717, 1.165) is 9.13 Å². The van der Waals surface area contributed by atoms with Crippen LogP contribution in [0.5, 0.6) is 5.75 Å². The highest BCUT2D eigenvalue weighted by atomic mass is 127. The highest BCUT2D eigenvalue weighted by Gasteiger charge is 2.12. The molecule has 0 spiro atoms.